The zero-order valence-electron chi connectivity index (χ0n) is 17.4. The summed E-state index contributed by atoms with van der Waals surface area (Å²) in [4.78, 5) is 4.59. The van der Waals surface area contributed by atoms with Crippen molar-refractivity contribution in [3.05, 3.63) is 65.7 Å². The van der Waals surface area contributed by atoms with Crippen LogP contribution >= 0.6 is 24.0 Å². The van der Waals surface area contributed by atoms with Gasteiger partial charge in [-0.3, -0.25) is 4.21 Å². The molecule has 29 heavy (non-hydrogen) atoms. The maximum absolute atomic E-state index is 12.2. The van der Waals surface area contributed by atoms with E-state index < -0.39 is 10.8 Å². The van der Waals surface area contributed by atoms with Gasteiger partial charge in [0.15, 0.2) is 5.96 Å². The van der Waals surface area contributed by atoms with Crippen LogP contribution in [-0.4, -0.2) is 41.7 Å². The van der Waals surface area contributed by atoms with Crippen LogP contribution in [0, 0.1) is 6.92 Å². The molecule has 0 aliphatic heterocycles. The van der Waals surface area contributed by atoms with Crippen molar-refractivity contribution >= 4 is 40.7 Å². The number of guanidine groups is 1. The maximum Gasteiger partial charge on any atom is 0.191 e. The number of nitrogens with zero attached hydrogens (tertiary/aromatic N) is 1. The van der Waals surface area contributed by atoms with Gasteiger partial charge in [-0.05, 0) is 38.0 Å². The van der Waals surface area contributed by atoms with Gasteiger partial charge >= 0.3 is 0 Å². The quantitative estimate of drug-likeness (QED) is 0.279. The summed E-state index contributed by atoms with van der Waals surface area (Å²) in [5.74, 6) is 2.77. The highest BCUT2D eigenvalue weighted by molar-refractivity contribution is 14.0. The number of halogens is 1. The van der Waals surface area contributed by atoms with Gasteiger partial charge in [0.05, 0.1) is 6.54 Å². The van der Waals surface area contributed by atoms with Gasteiger partial charge in [-0.1, -0.05) is 48.5 Å². The second-order valence-electron chi connectivity index (χ2n) is 6.61. The van der Waals surface area contributed by atoms with E-state index in [1.54, 1.807) is 0 Å². The number of hydrogen-bond acceptors (Lipinski definition) is 3. The smallest absolute Gasteiger partial charge is 0.191 e. The minimum atomic E-state index is -0.903. The van der Waals surface area contributed by atoms with E-state index in [9.17, 15) is 4.21 Å². The van der Waals surface area contributed by atoms with Crippen LogP contribution in [0.4, 0.5) is 0 Å². The number of aryl methyl sites for hydroxylation is 1. The molecule has 0 aliphatic carbocycles. The Labute approximate surface area is 194 Å². The fourth-order valence-electron chi connectivity index (χ4n) is 2.62. The molecule has 160 valence electrons. The lowest BCUT2D eigenvalue weighted by Gasteiger charge is -2.16. The molecule has 0 bridgehead atoms. The summed E-state index contributed by atoms with van der Waals surface area (Å²) in [5, 5.41) is 6.48. The highest BCUT2D eigenvalue weighted by atomic mass is 127. The second kappa shape index (κ2) is 14.4. The van der Waals surface area contributed by atoms with Crippen LogP contribution in [0.25, 0.3) is 0 Å². The molecule has 0 fully saturated rings. The number of benzene rings is 2. The number of aliphatic imine (C=N–C) groups is 1. The fourth-order valence-corrected chi connectivity index (χ4v) is 3.66. The van der Waals surface area contributed by atoms with Gasteiger partial charge in [0, 0.05) is 35.4 Å². The molecule has 2 aromatic rings. The Morgan fingerprint density at radius 2 is 1.79 bits per heavy atom. The fraction of sp³-hybridized carbons (Fsp3) is 0.409. The van der Waals surface area contributed by atoms with E-state index in [-0.39, 0.29) is 30.1 Å². The highest BCUT2D eigenvalue weighted by Crippen LogP contribution is 2.17. The molecule has 2 atom stereocenters. The molecule has 2 aromatic carbocycles. The third-order valence-electron chi connectivity index (χ3n) is 4.07. The normalized spacial score (nSPS) is 13.1. The minimum absolute atomic E-state index is 0. The van der Waals surface area contributed by atoms with Crippen molar-refractivity contribution in [1.82, 2.24) is 10.6 Å². The van der Waals surface area contributed by atoms with Crippen LogP contribution in [0.1, 0.15) is 25.0 Å². The number of hydrogen-bond donors (Lipinski definition) is 2. The van der Waals surface area contributed by atoms with Gasteiger partial charge in [-0.25, -0.2) is 4.99 Å². The molecule has 0 aromatic heterocycles. The van der Waals surface area contributed by atoms with Gasteiger partial charge < -0.3 is 15.4 Å². The molecular formula is C22H32IN3O2S. The Morgan fingerprint density at radius 1 is 1.10 bits per heavy atom. The Morgan fingerprint density at radius 3 is 2.48 bits per heavy atom. The molecule has 0 amide bonds. The zero-order chi connectivity index (χ0) is 20.2. The third kappa shape index (κ3) is 10.1. The standard InChI is InChI=1S/C22H31N3O2S.HI/c1-4-23-22(24-14-15-28(26)17-20-11-6-5-7-12-20)25-16-19(3)27-21-13-9-8-10-18(21)2;/h5-13,19H,4,14-17H2,1-3H3,(H2,23,24,25);1H. The van der Waals surface area contributed by atoms with Crippen molar-refractivity contribution in [3.8, 4) is 5.75 Å². The molecule has 2 N–H and O–H groups in total. The van der Waals surface area contributed by atoms with Gasteiger partial charge in [0.1, 0.15) is 11.9 Å². The van der Waals surface area contributed by atoms with Crippen LogP contribution < -0.4 is 15.4 Å². The maximum atomic E-state index is 12.2. The van der Waals surface area contributed by atoms with E-state index in [0.717, 1.165) is 29.4 Å². The van der Waals surface area contributed by atoms with Crippen LogP contribution in [0.3, 0.4) is 0 Å². The molecule has 5 nitrogen and oxygen atoms in total. The van der Waals surface area contributed by atoms with Gasteiger partial charge in [-0.2, -0.15) is 0 Å². The van der Waals surface area contributed by atoms with Crippen molar-refractivity contribution in [2.45, 2.75) is 32.6 Å². The Kier molecular flexibility index (Phi) is 12.6. The summed E-state index contributed by atoms with van der Waals surface area (Å²) in [6.45, 7) is 7.99. The lowest BCUT2D eigenvalue weighted by atomic mass is 10.2. The summed E-state index contributed by atoms with van der Waals surface area (Å²) >= 11 is 0. The molecule has 0 radical (unpaired) electrons. The van der Waals surface area contributed by atoms with E-state index in [2.05, 4.69) is 15.6 Å². The van der Waals surface area contributed by atoms with E-state index in [0.29, 0.717) is 24.6 Å². The molecule has 0 saturated carbocycles. The molecule has 7 heteroatoms. The van der Waals surface area contributed by atoms with Gasteiger partial charge in [0.2, 0.25) is 0 Å². The minimum Gasteiger partial charge on any atom is -0.489 e. The van der Waals surface area contributed by atoms with Gasteiger partial charge in [-0.15, -0.1) is 24.0 Å². The molecule has 0 saturated heterocycles. The van der Waals surface area contributed by atoms with Gasteiger partial charge in [0.25, 0.3) is 0 Å². The average Bonchev–Trinajstić information content (AvgIpc) is 2.68. The summed E-state index contributed by atoms with van der Waals surface area (Å²) in [6.07, 6.45) is -0.0382. The second-order valence-corrected chi connectivity index (χ2v) is 8.19. The monoisotopic (exact) mass is 529 g/mol. The first-order valence-electron chi connectivity index (χ1n) is 9.72. The average molecular weight is 529 g/mol. The van der Waals surface area contributed by atoms with Crippen molar-refractivity contribution in [3.63, 3.8) is 0 Å². The Bertz CT molecular complexity index is 772. The first-order chi connectivity index (χ1) is 13.6. The predicted octanol–water partition coefficient (Wildman–Crippen LogP) is 3.88. The summed E-state index contributed by atoms with van der Waals surface area (Å²) in [6, 6.07) is 17.9. The molecular weight excluding hydrogens is 497 g/mol. The molecule has 0 aliphatic rings. The SMILES string of the molecule is CCNC(=NCC(C)Oc1ccccc1C)NCCS(=O)Cc1ccccc1.I. The Balaban J connectivity index is 0.00000420. The first-order valence-corrected chi connectivity index (χ1v) is 11.2. The molecule has 2 unspecified atom stereocenters. The third-order valence-corrected chi connectivity index (χ3v) is 5.38. The molecule has 0 heterocycles. The zero-order valence-corrected chi connectivity index (χ0v) is 20.5. The predicted molar refractivity (Wildman–Crippen MR) is 134 cm³/mol. The summed E-state index contributed by atoms with van der Waals surface area (Å²) in [7, 11) is -0.903. The van der Waals surface area contributed by atoms with E-state index in [4.69, 9.17) is 4.74 Å². The Hall–Kier alpha value is -1.61. The highest BCUT2D eigenvalue weighted by Gasteiger charge is 2.07. The van der Waals surface area contributed by atoms with E-state index >= 15 is 0 Å². The molecule has 0 spiro atoms. The lowest BCUT2D eigenvalue weighted by Crippen LogP contribution is -2.39. The topological polar surface area (TPSA) is 62.7 Å². The van der Waals surface area contributed by atoms with Crippen LogP contribution in [0.5, 0.6) is 5.75 Å². The van der Waals surface area contributed by atoms with Crippen molar-refractivity contribution in [1.29, 1.82) is 0 Å². The van der Waals surface area contributed by atoms with Crippen molar-refractivity contribution in [2.75, 3.05) is 25.4 Å². The largest absolute Gasteiger partial charge is 0.489 e. The summed E-state index contributed by atoms with van der Waals surface area (Å²) < 4.78 is 18.2. The van der Waals surface area contributed by atoms with Crippen LogP contribution in [0.15, 0.2) is 59.6 Å². The number of rotatable bonds is 10. The molecule has 2 rings (SSSR count). The van der Waals surface area contributed by atoms with E-state index in [1.165, 1.54) is 0 Å². The number of ether oxygens (including phenoxy) is 1. The van der Waals surface area contributed by atoms with Crippen molar-refractivity contribution in [2.24, 2.45) is 4.99 Å². The summed E-state index contributed by atoms with van der Waals surface area (Å²) in [5.41, 5.74) is 2.22. The van der Waals surface area contributed by atoms with Crippen LogP contribution in [0.2, 0.25) is 0 Å². The first kappa shape index (κ1) is 25.4. The van der Waals surface area contributed by atoms with E-state index in [1.807, 2.05) is 75.4 Å². The lowest BCUT2D eigenvalue weighted by molar-refractivity contribution is 0.228. The van der Waals surface area contributed by atoms with Crippen LogP contribution in [-0.2, 0) is 16.6 Å². The number of para-hydroxylation sites is 1. The number of nitrogens with one attached hydrogen (secondary N) is 2. The van der Waals surface area contributed by atoms with Crippen molar-refractivity contribution < 1.29 is 8.95 Å².